The predicted octanol–water partition coefficient (Wildman–Crippen LogP) is 5.21. The van der Waals surface area contributed by atoms with E-state index in [1.807, 2.05) is 27.7 Å². The first-order valence-electron chi connectivity index (χ1n) is 7.25. The summed E-state index contributed by atoms with van der Waals surface area (Å²) in [7, 11) is 0. The molecule has 1 heterocycles. The zero-order valence-corrected chi connectivity index (χ0v) is 13.2. The topological polar surface area (TPSA) is 3.24 Å². The van der Waals surface area contributed by atoms with Gasteiger partial charge in [-0.05, 0) is 38.0 Å². The summed E-state index contributed by atoms with van der Waals surface area (Å²) in [4.78, 5) is 2.42. The Bertz CT molecular complexity index is 377. The molecule has 0 radical (unpaired) electrons. The van der Waals surface area contributed by atoms with Crippen LogP contribution in [0, 0.1) is 13.8 Å². The van der Waals surface area contributed by atoms with E-state index in [4.69, 9.17) is 0 Å². The van der Waals surface area contributed by atoms with Gasteiger partial charge in [-0.2, -0.15) is 0 Å². The molecule has 1 nitrogen and oxygen atoms in total. The fourth-order valence-electron chi connectivity index (χ4n) is 2.24. The van der Waals surface area contributed by atoms with Crippen LogP contribution in [-0.4, -0.2) is 13.1 Å². The van der Waals surface area contributed by atoms with E-state index in [-0.39, 0.29) is 0 Å². The first-order valence-corrected chi connectivity index (χ1v) is 7.25. The molecule has 0 atom stereocenters. The second-order valence-corrected chi connectivity index (χ2v) is 3.96. The number of hydrogen-bond acceptors (Lipinski definition) is 1. The van der Waals surface area contributed by atoms with Crippen LogP contribution in [0.5, 0.6) is 0 Å². The van der Waals surface area contributed by atoms with Crippen molar-refractivity contribution in [3.05, 3.63) is 34.9 Å². The molecule has 2 rings (SSSR count). The Morgan fingerprint density at radius 2 is 1.67 bits per heavy atom. The molecule has 102 valence electrons. The van der Waals surface area contributed by atoms with Crippen molar-refractivity contribution in [3.63, 3.8) is 0 Å². The Balaban J connectivity index is 0.000000659. The van der Waals surface area contributed by atoms with Crippen LogP contribution in [-0.2, 0) is 0 Å². The molecule has 0 saturated carbocycles. The van der Waals surface area contributed by atoms with Crippen LogP contribution in [0.2, 0.25) is 0 Å². The third-order valence-corrected chi connectivity index (χ3v) is 2.80. The molecule has 0 spiro atoms. The maximum absolute atomic E-state index is 2.42. The average Bonchev–Trinajstić information content (AvgIpc) is 2.42. The number of hydrogen-bond donors (Lipinski definition) is 0. The molecule has 0 N–H and O–H groups in total. The van der Waals surface area contributed by atoms with E-state index >= 15 is 0 Å². The van der Waals surface area contributed by atoms with Gasteiger partial charge in [0.1, 0.15) is 0 Å². The van der Waals surface area contributed by atoms with Gasteiger partial charge in [0.05, 0.1) is 0 Å². The molecule has 1 aliphatic rings. The second-order valence-electron chi connectivity index (χ2n) is 3.96. The molecule has 0 amide bonds. The Kier molecular flexibility index (Phi) is 8.19. The van der Waals surface area contributed by atoms with Crippen LogP contribution < -0.4 is 4.90 Å². The van der Waals surface area contributed by atoms with Crippen molar-refractivity contribution in [2.24, 2.45) is 0 Å². The summed E-state index contributed by atoms with van der Waals surface area (Å²) in [6.45, 7) is 16.7. The monoisotopic (exact) mass is 247 g/mol. The van der Waals surface area contributed by atoms with Gasteiger partial charge >= 0.3 is 0 Å². The van der Waals surface area contributed by atoms with E-state index in [0.717, 1.165) is 13.1 Å². The van der Waals surface area contributed by atoms with Crippen molar-refractivity contribution in [3.8, 4) is 0 Å². The van der Waals surface area contributed by atoms with Crippen LogP contribution in [0.1, 0.15) is 51.3 Å². The number of nitrogens with zero attached hydrogens (tertiary/aromatic N) is 1. The van der Waals surface area contributed by atoms with Gasteiger partial charge in [-0.1, -0.05) is 51.5 Å². The largest absolute Gasteiger partial charge is 0.367 e. The van der Waals surface area contributed by atoms with Gasteiger partial charge in [-0.25, -0.2) is 0 Å². The highest BCUT2D eigenvalue weighted by molar-refractivity contribution is 5.74. The predicted molar refractivity (Wildman–Crippen MR) is 85.5 cm³/mol. The third kappa shape index (κ3) is 3.90. The zero-order chi connectivity index (χ0) is 14.1. The minimum atomic E-state index is 1.05. The normalized spacial score (nSPS) is 11.8. The molecule has 1 aromatic carbocycles. The minimum absolute atomic E-state index is 1.05. The standard InChI is InChI=1S/C13H17N.2C2H6/c1-4-14-7-5-6-12-9-10(2)8-11(3)13(12)14;2*1-2/h5-6,8-9H,4,7H2,1-3H3;2*1-2H3. The van der Waals surface area contributed by atoms with Crippen LogP contribution in [0.25, 0.3) is 6.08 Å². The number of likely N-dealkylation sites (N-methyl/N-ethyl adjacent to an activating group) is 1. The lowest BCUT2D eigenvalue weighted by molar-refractivity contribution is 0.892. The van der Waals surface area contributed by atoms with Gasteiger partial charge in [0.25, 0.3) is 0 Å². The molecule has 0 bridgehead atoms. The SMILES string of the molecule is CC.CC.CCN1CC=Cc2cc(C)cc(C)c21. The highest BCUT2D eigenvalue weighted by Gasteiger charge is 2.13. The Morgan fingerprint density at radius 3 is 2.22 bits per heavy atom. The van der Waals surface area contributed by atoms with E-state index in [1.54, 1.807) is 0 Å². The summed E-state index contributed by atoms with van der Waals surface area (Å²) in [5, 5.41) is 0. The van der Waals surface area contributed by atoms with Gasteiger partial charge < -0.3 is 4.90 Å². The van der Waals surface area contributed by atoms with Crippen LogP contribution in [0.3, 0.4) is 0 Å². The van der Waals surface area contributed by atoms with Crippen LogP contribution >= 0.6 is 0 Å². The summed E-state index contributed by atoms with van der Waals surface area (Å²) in [6.07, 6.45) is 4.48. The number of benzene rings is 1. The first kappa shape index (κ1) is 16.8. The quantitative estimate of drug-likeness (QED) is 0.658. The molecule has 1 heteroatoms. The number of anilines is 1. The molecule has 1 aromatic rings. The summed E-state index contributed by atoms with van der Waals surface area (Å²) in [5.74, 6) is 0. The zero-order valence-electron chi connectivity index (χ0n) is 13.2. The van der Waals surface area contributed by atoms with Gasteiger partial charge in [-0.3, -0.25) is 0 Å². The van der Waals surface area contributed by atoms with Gasteiger partial charge in [0, 0.05) is 18.8 Å². The maximum Gasteiger partial charge on any atom is 0.0472 e. The van der Waals surface area contributed by atoms with Crippen molar-refractivity contribution < 1.29 is 0 Å². The number of fused-ring (bicyclic) bond motifs is 1. The van der Waals surface area contributed by atoms with Crippen molar-refractivity contribution in [1.82, 2.24) is 0 Å². The number of aryl methyl sites for hydroxylation is 2. The van der Waals surface area contributed by atoms with Gasteiger partial charge in [-0.15, -0.1) is 0 Å². The van der Waals surface area contributed by atoms with E-state index in [2.05, 4.69) is 50.0 Å². The summed E-state index contributed by atoms with van der Waals surface area (Å²) in [6, 6.07) is 4.53. The second kappa shape index (κ2) is 8.79. The van der Waals surface area contributed by atoms with E-state index in [0.29, 0.717) is 0 Å². The molecule has 1 aliphatic heterocycles. The molecular formula is C17H29N. The van der Waals surface area contributed by atoms with Crippen molar-refractivity contribution in [2.75, 3.05) is 18.0 Å². The Morgan fingerprint density at radius 1 is 1.06 bits per heavy atom. The molecule has 0 unspecified atom stereocenters. The van der Waals surface area contributed by atoms with Crippen LogP contribution in [0.4, 0.5) is 5.69 Å². The summed E-state index contributed by atoms with van der Waals surface area (Å²) in [5.41, 5.74) is 5.53. The minimum Gasteiger partial charge on any atom is -0.367 e. The first-order chi connectivity index (χ1) is 8.72. The summed E-state index contributed by atoms with van der Waals surface area (Å²) >= 11 is 0. The lowest BCUT2D eigenvalue weighted by Crippen LogP contribution is -2.26. The lowest BCUT2D eigenvalue weighted by atomic mass is 10.0. The lowest BCUT2D eigenvalue weighted by Gasteiger charge is -2.29. The smallest absolute Gasteiger partial charge is 0.0472 e. The van der Waals surface area contributed by atoms with Crippen molar-refractivity contribution >= 4 is 11.8 Å². The van der Waals surface area contributed by atoms with E-state index < -0.39 is 0 Å². The molecule has 0 fully saturated rings. The van der Waals surface area contributed by atoms with Crippen molar-refractivity contribution in [2.45, 2.75) is 48.5 Å². The van der Waals surface area contributed by atoms with Gasteiger partial charge in [0.15, 0.2) is 0 Å². The summed E-state index contributed by atoms with van der Waals surface area (Å²) < 4.78 is 0. The molecule has 18 heavy (non-hydrogen) atoms. The van der Waals surface area contributed by atoms with Gasteiger partial charge in [0.2, 0.25) is 0 Å². The highest BCUT2D eigenvalue weighted by atomic mass is 15.1. The average molecular weight is 247 g/mol. The van der Waals surface area contributed by atoms with E-state index in [9.17, 15) is 0 Å². The fraction of sp³-hybridized carbons (Fsp3) is 0.529. The highest BCUT2D eigenvalue weighted by Crippen LogP contribution is 2.30. The van der Waals surface area contributed by atoms with Crippen molar-refractivity contribution in [1.29, 1.82) is 0 Å². The Hall–Kier alpha value is -1.24. The fourth-order valence-corrected chi connectivity index (χ4v) is 2.24. The molecule has 0 aliphatic carbocycles. The van der Waals surface area contributed by atoms with E-state index in [1.165, 1.54) is 22.4 Å². The Labute approximate surface area is 114 Å². The third-order valence-electron chi connectivity index (χ3n) is 2.80. The maximum atomic E-state index is 2.42. The van der Waals surface area contributed by atoms with Crippen LogP contribution in [0.15, 0.2) is 18.2 Å². The number of rotatable bonds is 1. The molecule has 0 aromatic heterocycles. The molecule has 0 saturated heterocycles. The molecular weight excluding hydrogens is 218 g/mol.